The van der Waals surface area contributed by atoms with Crippen LogP contribution in [0.4, 0.5) is 0 Å². The smallest absolute Gasteiger partial charge is 0.371 e. The summed E-state index contributed by atoms with van der Waals surface area (Å²) >= 11 is 1.48. The van der Waals surface area contributed by atoms with Gasteiger partial charge in [-0.15, -0.1) is 11.8 Å². The molecule has 2 aromatic carbocycles. The maximum Gasteiger partial charge on any atom is 0.371 e. The number of carbonyl (C=O) groups is 2. The summed E-state index contributed by atoms with van der Waals surface area (Å²) in [5.41, 5.74) is 2.85. The van der Waals surface area contributed by atoms with E-state index in [9.17, 15) is 24.6 Å². The van der Waals surface area contributed by atoms with Gasteiger partial charge in [0.05, 0.1) is 16.7 Å². The fraction of sp³-hybridized carbons (Fsp3) is 0.514. The number of hydrogen-bond donors (Lipinski definition) is 3. The van der Waals surface area contributed by atoms with E-state index in [4.69, 9.17) is 9.52 Å². The fourth-order valence-electron chi connectivity index (χ4n) is 5.41. The highest BCUT2D eigenvalue weighted by molar-refractivity contribution is 7.99. The standard InChI is InChI=1S/C35H46O7S/c1-3-5-6-7-8-9-10-14-24-17-19-25(20-18-24)34(28(36)15-11-12-16-32(38)39)43-31-22-21-26-29(37)23-30(35(40)41)42-33(26)27(31)13-4-2/h17-23,28,34,36H,3-16H2,1-2H3,(H,38,39)(H,40,41). The van der Waals surface area contributed by atoms with Crippen molar-refractivity contribution < 1.29 is 29.3 Å². The first-order valence-electron chi connectivity index (χ1n) is 15.7. The first kappa shape index (κ1) is 34.4. The lowest BCUT2D eigenvalue weighted by atomic mass is 9.99. The Labute approximate surface area is 258 Å². The molecule has 0 aliphatic carbocycles. The molecular weight excluding hydrogens is 564 g/mol. The second kappa shape index (κ2) is 17.9. The minimum atomic E-state index is -1.30. The minimum Gasteiger partial charge on any atom is -0.481 e. The minimum absolute atomic E-state index is 0.0636. The number of aryl methyl sites for hydroxylation is 2. The lowest BCUT2D eigenvalue weighted by Crippen LogP contribution is -2.17. The predicted octanol–water partition coefficient (Wildman–Crippen LogP) is 8.58. The number of hydrogen-bond acceptors (Lipinski definition) is 6. The molecule has 3 aromatic rings. The molecule has 1 aromatic heterocycles. The third kappa shape index (κ3) is 10.5. The van der Waals surface area contributed by atoms with Gasteiger partial charge in [-0.1, -0.05) is 89.5 Å². The van der Waals surface area contributed by atoms with Gasteiger partial charge in [-0.25, -0.2) is 4.79 Å². The lowest BCUT2D eigenvalue weighted by Gasteiger charge is -2.25. The van der Waals surface area contributed by atoms with E-state index in [1.165, 1.54) is 55.9 Å². The Morgan fingerprint density at radius 1 is 0.837 bits per heavy atom. The van der Waals surface area contributed by atoms with Crippen molar-refractivity contribution in [2.45, 2.75) is 120 Å². The van der Waals surface area contributed by atoms with Crippen LogP contribution in [-0.2, 0) is 17.6 Å². The van der Waals surface area contributed by atoms with Crippen LogP contribution < -0.4 is 5.43 Å². The van der Waals surface area contributed by atoms with Gasteiger partial charge in [0, 0.05) is 22.9 Å². The summed E-state index contributed by atoms with van der Waals surface area (Å²) in [4.78, 5) is 36.1. The van der Waals surface area contributed by atoms with E-state index in [0.717, 1.165) is 41.4 Å². The normalized spacial score (nSPS) is 12.8. The highest BCUT2D eigenvalue weighted by Crippen LogP contribution is 2.43. The Balaban J connectivity index is 1.86. The lowest BCUT2D eigenvalue weighted by molar-refractivity contribution is -0.137. The number of carboxylic acids is 2. The molecule has 0 saturated carbocycles. The molecule has 0 saturated heterocycles. The molecule has 8 heteroatoms. The van der Waals surface area contributed by atoms with Crippen LogP contribution in [0.5, 0.6) is 0 Å². The van der Waals surface area contributed by atoms with Gasteiger partial charge in [-0.05, 0) is 55.4 Å². The van der Waals surface area contributed by atoms with Crippen LogP contribution in [0.15, 0.2) is 56.6 Å². The van der Waals surface area contributed by atoms with Gasteiger partial charge in [0.2, 0.25) is 5.76 Å². The molecule has 0 aliphatic heterocycles. The number of rotatable bonds is 20. The van der Waals surface area contributed by atoms with Crippen LogP contribution in [-0.4, -0.2) is 33.4 Å². The molecule has 0 aliphatic rings. The summed E-state index contributed by atoms with van der Waals surface area (Å²) in [5.74, 6) is -2.55. The number of thioether (sulfide) groups is 1. The zero-order valence-corrected chi connectivity index (χ0v) is 26.3. The van der Waals surface area contributed by atoms with Crippen LogP contribution in [0.2, 0.25) is 0 Å². The quantitative estimate of drug-likeness (QED) is 0.0858. The first-order chi connectivity index (χ1) is 20.7. The molecule has 0 amide bonds. The molecule has 0 spiro atoms. The number of unbranched alkanes of at least 4 members (excludes halogenated alkanes) is 7. The van der Waals surface area contributed by atoms with Crippen molar-refractivity contribution in [1.82, 2.24) is 0 Å². The number of aliphatic carboxylic acids is 1. The number of fused-ring (bicyclic) bond motifs is 1. The van der Waals surface area contributed by atoms with Crippen LogP contribution in [0.25, 0.3) is 11.0 Å². The summed E-state index contributed by atoms with van der Waals surface area (Å²) in [6, 6.07) is 12.9. The summed E-state index contributed by atoms with van der Waals surface area (Å²) in [6.45, 7) is 4.23. The van der Waals surface area contributed by atoms with E-state index in [1.807, 2.05) is 13.0 Å². The van der Waals surface area contributed by atoms with E-state index in [2.05, 4.69) is 31.2 Å². The Morgan fingerprint density at radius 2 is 1.53 bits per heavy atom. The summed E-state index contributed by atoms with van der Waals surface area (Å²) in [7, 11) is 0. The third-order valence-corrected chi connectivity index (χ3v) is 9.27. The Hall–Kier alpha value is -3.10. The van der Waals surface area contributed by atoms with E-state index in [1.54, 1.807) is 6.07 Å². The molecule has 7 nitrogen and oxygen atoms in total. The number of carboxylic acid groups (broad SMARTS) is 2. The van der Waals surface area contributed by atoms with E-state index in [-0.39, 0.29) is 17.3 Å². The van der Waals surface area contributed by atoms with Crippen molar-refractivity contribution in [2.75, 3.05) is 0 Å². The van der Waals surface area contributed by atoms with Crippen molar-refractivity contribution in [2.24, 2.45) is 0 Å². The second-order valence-electron chi connectivity index (χ2n) is 11.3. The molecule has 2 unspecified atom stereocenters. The fourth-order valence-corrected chi connectivity index (χ4v) is 6.75. The van der Waals surface area contributed by atoms with Crippen LogP contribution >= 0.6 is 11.8 Å². The highest BCUT2D eigenvalue weighted by atomic mass is 32.2. The van der Waals surface area contributed by atoms with Gasteiger partial charge in [0.25, 0.3) is 0 Å². The molecule has 2 atom stereocenters. The predicted molar refractivity (Wildman–Crippen MR) is 172 cm³/mol. The topological polar surface area (TPSA) is 125 Å². The summed E-state index contributed by atoms with van der Waals surface area (Å²) in [6.07, 6.45) is 12.0. The number of aliphatic hydroxyl groups excluding tert-OH is 1. The second-order valence-corrected chi connectivity index (χ2v) is 12.5. The molecule has 3 N–H and O–H groups in total. The van der Waals surface area contributed by atoms with Gasteiger partial charge < -0.3 is 19.7 Å². The SMILES string of the molecule is CCCCCCCCCc1ccc(C(Sc2ccc3c(=O)cc(C(=O)O)oc3c2CCC)C(O)CCCCC(=O)O)cc1. The zero-order valence-electron chi connectivity index (χ0n) is 25.5. The van der Waals surface area contributed by atoms with Gasteiger partial charge in [0.1, 0.15) is 5.58 Å². The van der Waals surface area contributed by atoms with E-state index in [0.29, 0.717) is 31.1 Å². The van der Waals surface area contributed by atoms with E-state index >= 15 is 0 Å². The monoisotopic (exact) mass is 610 g/mol. The summed E-state index contributed by atoms with van der Waals surface area (Å²) in [5, 5.41) is 29.9. The Bertz CT molecular complexity index is 1380. The van der Waals surface area contributed by atoms with Crippen molar-refractivity contribution in [1.29, 1.82) is 0 Å². The van der Waals surface area contributed by atoms with Crippen LogP contribution in [0.3, 0.4) is 0 Å². The van der Waals surface area contributed by atoms with Crippen molar-refractivity contribution in [3.05, 3.63) is 75.1 Å². The summed E-state index contributed by atoms with van der Waals surface area (Å²) < 4.78 is 5.74. The third-order valence-electron chi connectivity index (χ3n) is 7.79. The van der Waals surface area contributed by atoms with Gasteiger partial charge >= 0.3 is 11.9 Å². The largest absolute Gasteiger partial charge is 0.481 e. The van der Waals surface area contributed by atoms with Crippen LogP contribution in [0.1, 0.15) is 123 Å². The van der Waals surface area contributed by atoms with Crippen molar-refractivity contribution in [3.8, 4) is 0 Å². The average Bonchev–Trinajstić information content (AvgIpc) is 2.98. The molecule has 0 bridgehead atoms. The molecule has 0 fully saturated rings. The van der Waals surface area contributed by atoms with Crippen molar-refractivity contribution >= 4 is 34.7 Å². The Kier molecular flexibility index (Phi) is 14.3. The Morgan fingerprint density at radius 3 is 2.19 bits per heavy atom. The number of aliphatic hydroxyl groups is 1. The maximum atomic E-state index is 12.7. The molecular formula is C35H46O7S. The zero-order chi connectivity index (χ0) is 31.2. The maximum absolute atomic E-state index is 12.7. The van der Waals surface area contributed by atoms with Gasteiger partial charge in [0.15, 0.2) is 5.43 Å². The molecule has 43 heavy (non-hydrogen) atoms. The highest BCUT2D eigenvalue weighted by Gasteiger charge is 2.25. The average molecular weight is 611 g/mol. The van der Waals surface area contributed by atoms with Gasteiger partial charge in [-0.3, -0.25) is 9.59 Å². The van der Waals surface area contributed by atoms with Crippen molar-refractivity contribution in [3.63, 3.8) is 0 Å². The van der Waals surface area contributed by atoms with Gasteiger partial charge in [-0.2, -0.15) is 0 Å². The first-order valence-corrected chi connectivity index (χ1v) is 16.6. The molecule has 1 heterocycles. The molecule has 234 valence electrons. The van der Waals surface area contributed by atoms with E-state index < -0.39 is 29.2 Å². The number of benzene rings is 2. The number of aromatic carboxylic acids is 1. The molecule has 0 radical (unpaired) electrons. The van der Waals surface area contributed by atoms with Crippen LogP contribution in [0, 0.1) is 0 Å². The molecule has 3 rings (SSSR count).